The summed E-state index contributed by atoms with van der Waals surface area (Å²) >= 11 is 0. The second-order valence-electron chi connectivity index (χ2n) is 9.10. The molecule has 35 heavy (non-hydrogen) atoms. The van der Waals surface area contributed by atoms with Crippen LogP contribution in [0.15, 0.2) is 48.5 Å². The predicted molar refractivity (Wildman–Crippen MR) is 133 cm³/mol. The molecular formula is C27H33N3O5. The Balaban J connectivity index is 1.61. The molecule has 8 heteroatoms. The highest BCUT2D eigenvalue weighted by Gasteiger charge is 2.45. The number of likely N-dealkylation sites (tertiary alicyclic amines) is 1. The zero-order valence-electron chi connectivity index (χ0n) is 20.8. The highest BCUT2D eigenvalue weighted by Crippen LogP contribution is 2.37. The molecule has 2 aromatic carbocycles. The fourth-order valence-corrected chi connectivity index (χ4v) is 4.44. The molecule has 3 rings (SSSR count). The molecule has 0 radical (unpaired) electrons. The Morgan fingerprint density at radius 2 is 1.57 bits per heavy atom. The molecule has 1 aliphatic rings. The molecule has 2 aromatic rings. The molecule has 0 bridgehead atoms. The number of nitrogens with zero attached hydrogens (tertiary/aromatic N) is 2. The number of carbonyl (C=O) groups is 4. The van der Waals surface area contributed by atoms with Gasteiger partial charge in [0.2, 0.25) is 11.8 Å². The van der Waals surface area contributed by atoms with Crippen molar-refractivity contribution in [2.24, 2.45) is 0 Å². The Hall–Kier alpha value is -3.68. The van der Waals surface area contributed by atoms with Crippen LogP contribution in [0.1, 0.15) is 36.5 Å². The summed E-state index contributed by atoms with van der Waals surface area (Å²) in [6, 6.07) is 15.0. The first kappa shape index (κ1) is 25.9. The van der Waals surface area contributed by atoms with Crippen molar-refractivity contribution < 1.29 is 23.9 Å². The summed E-state index contributed by atoms with van der Waals surface area (Å²) < 4.78 is 5.49. The van der Waals surface area contributed by atoms with Crippen molar-refractivity contribution in [1.82, 2.24) is 9.80 Å². The Morgan fingerprint density at radius 3 is 2.14 bits per heavy atom. The van der Waals surface area contributed by atoms with Crippen molar-refractivity contribution >= 4 is 29.4 Å². The Labute approximate surface area is 206 Å². The quantitative estimate of drug-likeness (QED) is 0.616. The van der Waals surface area contributed by atoms with Gasteiger partial charge in [-0.05, 0) is 43.4 Å². The van der Waals surface area contributed by atoms with E-state index in [0.717, 1.165) is 22.4 Å². The number of nitrogens with one attached hydrogen (secondary N) is 1. The van der Waals surface area contributed by atoms with E-state index in [2.05, 4.69) is 5.32 Å². The van der Waals surface area contributed by atoms with Crippen LogP contribution in [-0.2, 0) is 29.3 Å². The first-order valence-corrected chi connectivity index (χ1v) is 11.7. The molecular weight excluding hydrogens is 446 g/mol. The Morgan fingerprint density at radius 1 is 0.971 bits per heavy atom. The van der Waals surface area contributed by atoms with Gasteiger partial charge in [-0.15, -0.1) is 0 Å². The van der Waals surface area contributed by atoms with Crippen molar-refractivity contribution in [3.05, 3.63) is 65.2 Å². The van der Waals surface area contributed by atoms with E-state index in [0.29, 0.717) is 25.9 Å². The molecule has 0 atom stereocenters. The molecule has 1 fully saturated rings. The molecule has 0 saturated carbocycles. The summed E-state index contributed by atoms with van der Waals surface area (Å²) in [5.41, 5.74) is 2.48. The molecule has 1 heterocycles. The first-order valence-electron chi connectivity index (χ1n) is 11.7. The fraction of sp³-hybridized carbons (Fsp3) is 0.407. The molecule has 0 aromatic heterocycles. The normalized spacial score (nSPS) is 14.7. The number of esters is 1. The van der Waals surface area contributed by atoms with Crippen LogP contribution in [-0.4, -0.2) is 66.8 Å². The molecule has 1 saturated heterocycles. The molecule has 3 amide bonds. The third-order valence-corrected chi connectivity index (χ3v) is 6.66. The van der Waals surface area contributed by atoms with Crippen molar-refractivity contribution in [2.45, 2.75) is 39.0 Å². The third-order valence-electron chi connectivity index (χ3n) is 6.66. The summed E-state index contributed by atoms with van der Waals surface area (Å²) in [5, 5.41) is 2.85. The van der Waals surface area contributed by atoms with Gasteiger partial charge >= 0.3 is 5.97 Å². The highest BCUT2D eigenvalue weighted by atomic mass is 16.5. The number of amides is 3. The molecule has 0 unspecified atom stereocenters. The summed E-state index contributed by atoms with van der Waals surface area (Å²) in [5.74, 6) is -1.33. The molecule has 186 valence electrons. The van der Waals surface area contributed by atoms with Crippen LogP contribution in [0.2, 0.25) is 0 Å². The number of anilines is 1. The van der Waals surface area contributed by atoms with Gasteiger partial charge in [-0.1, -0.05) is 48.5 Å². The average molecular weight is 480 g/mol. The van der Waals surface area contributed by atoms with Gasteiger partial charge in [0, 0.05) is 32.7 Å². The van der Waals surface area contributed by atoms with Crippen LogP contribution >= 0.6 is 0 Å². The Bertz CT molecular complexity index is 1070. The van der Waals surface area contributed by atoms with Crippen molar-refractivity contribution in [2.75, 3.05) is 38.6 Å². The smallest absolute Gasteiger partial charge is 0.317 e. The lowest BCUT2D eigenvalue weighted by molar-refractivity contribution is -0.159. The summed E-state index contributed by atoms with van der Waals surface area (Å²) in [4.78, 5) is 53.2. The molecule has 0 spiro atoms. The van der Waals surface area contributed by atoms with E-state index in [4.69, 9.17) is 4.74 Å². The number of likely N-dealkylation sites (N-methyl/N-ethyl adjacent to an activating group) is 1. The van der Waals surface area contributed by atoms with Crippen molar-refractivity contribution in [1.29, 1.82) is 0 Å². The number of rotatable bonds is 7. The SMILES string of the molecule is CC(=O)N1CCC(C(=O)OCC(=O)N(C)CC(=O)Nc2c(C)cccc2C)(c2ccccc2)CC1. The second kappa shape index (κ2) is 11.2. The van der Waals surface area contributed by atoms with Gasteiger partial charge in [0.1, 0.15) is 0 Å². The Kier molecular flexibility index (Phi) is 8.27. The van der Waals surface area contributed by atoms with E-state index in [1.54, 1.807) is 4.90 Å². The van der Waals surface area contributed by atoms with Gasteiger partial charge in [0.15, 0.2) is 6.61 Å². The molecule has 0 aliphatic carbocycles. The monoisotopic (exact) mass is 479 g/mol. The molecule has 8 nitrogen and oxygen atoms in total. The standard InChI is InChI=1S/C27H33N3O5/c1-19-9-8-10-20(2)25(19)28-23(32)17-29(4)24(33)18-35-26(34)27(22-11-6-5-7-12-22)13-15-30(16-14-27)21(3)31/h5-12H,13-18H2,1-4H3,(H,28,32). The van der Waals surface area contributed by atoms with Crippen LogP contribution in [0.5, 0.6) is 0 Å². The van der Waals surface area contributed by atoms with Crippen LogP contribution in [0, 0.1) is 13.8 Å². The average Bonchev–Trinajstić information content (AvgIpc) is 2.85. The van der Waals surface area contributed by atoms with Gasteiger partial charge in [-0.2, -0.15) is 0 Å². The number of para-hydroxylation sites is 1. The largest absolute Gasteiger partial charge is 0.455 e. The zero-order chi connectivity index (χ0) is 25.6. The topological polar surface area (TPSA) is 96.0 Å². The number of carbonyl (C=O) groups excluding carboxylic acids is 4. The third kappa shape index (κ3) is 6.07. The van der Waals surface area contributed by atoms with Gasteiger partial charge < -0.3 is 19.9 Å². The van der Waals surface area contributed by atoms with E-state index >= 15 is 0 Å². The number of hydrogen-bond donors (Lipinski definition) is 1. The minimum atomic E-state index is -0.925. The van der Waals surface area contributed by atoms with E-state index in [1.165, 1.54) is 18.9 Å². The number of hydrogen-bond acceptors (Lipinski definition) is 5. The van der Waals surface area contributed by atoms with Gasteiger partial charge in [-0.3, -0.25) is 19.2 Å². The minimum absolute atomic E-state index is 0.0315. The molecule has 1 aliphatic heterocycles. The van der Waals surface area contributed by atoms with Gasteiger partial charge in [-0.25, -0.2) is 0 Å². The van der Waals surface area contributed by atoms with Gasteiger partial charge in [0.25, 0.3) is 5.91 Å². The lowest BCUT2D eigenvalue weighted by atomic mass is 9.72. The van der Waals surface area contributed by atoms with Gasteiger partial charge in [0.05, 0.1) is 12.0 Å². The van der Waals surface area contributed by atoms with E-state index in [-0.39, 0.29) is 18.4 Å². The highest BCUT2D eigenvalue weighted by molar-refractivity contribution is 5.96. The number of piperidine rings is 1. The first-order chi connectivity index (χ1) is 16.6. The lowest BCUT2D eigenvalue weighted by Crippen LogP contribution is -2.49. The van der Waals surface area contributed by atoms with Crippen LogP contribution in [0.25, 0.3) is 0 Å². The van der Waals surface area contributed by atoms with E-state index in [9.17, 15) is 19.2 Å². The maximum absolute atomic E-state index is 13.3. The number of benzene rings is 2. The summed E-state index contributed by atoms with van der Waals surface area (Å²) in [6.07, 6.45) is 0.829. The van der Waals surface area contributed by atoms with E-state index in [1.807, 2.05) is 62.4 Å². The second-order valence-corrected chi connectivity index (χ2v) is 9.10. The summed E-state index contributed by atoms with van der Waals surface area (Å²) in [6.45, 7) is 5.57. The predicted octanol–water partition coefficient (Wildman–Crippen LogP) is 2.82. The maximum atomic E-state index is 13.3. The van der Waals surface area contributed by atoms with Crippen LogP contribution < -0.4 is 5.32 Å². The minimum Gasteiger partial charge on any atom is -0.455 e. The number of aryl methyl sites for hydroxylation is 2. The lowest BCUT2D eigenvalue weighted by Gasteiger charge is -2.40. The van der Waals surface area contributed by atoms with E-state index < -0.39 is 23.9 Å². The zero-order valence-corrected chi connectivity index (χ0v) is 20.8. The molecule has 1 N–H and O–H groups in total. The maximum Gasteiger partial charge on any atom is 0.317 e. The van der Waals surface area contributed by atoms with Crippen LogP contribution in [0.4, 0.5) is 5.69 Å². The van der Waals surface area contributed by atoms with Crippen LogP contribution in [0.3, 0.4) is 0 Å². The van der Waals surface area contributed by atoms with Crippen molar-refractivity contribution in [3.63, 3.8) is 0 Å². The summed E-state index contributed by atoms with van der Waals surface area (Å²) in [7, 11) is 1.50. The van der Waals surface area contributed by atoms with Crippen molar-refractivity contribution in [3.8, 4) is 0 Å². The number of ether oxygens (including phenoxy) is 1. The fourth-order valence-electron chi connectivity index (χ4n) is 4.44.